The molecule has 0 aliphatic carbocycles. The molecule has 0 aliphatic rings. The highest BCUT2D eigenvalue weighted by Gasteiger charge is 2.17. The van der Waals surface area contributed by atoms with Gasteiger partial charge in [-0.2, -0.15) is 0 Å². The first-order valence-corrected chi connectivity index (χ1v) is 5.31. The van der Waals surface area contributed by atoms with Crippen molar-refractivity contribution in [3.8, 4) is 0 Å². The number of hydrogen-bond acceptors (Lipinski definition) is 5. The van der Waals surface area contributed by atoms with Crippen molar-refractivity contribution >= 4 is 0 Å². The maximum absolute atomic E-state index is 5.12. The largest absolute Gasteiger partial charge is 0.361 e. The molecule has 1 unspecified atom stereocenters. The summed E-state index contributed by atoms with van der Waals surface area (Å²) < 4.78 is 15.3. The Balaban J connectivity index is 2.55. The molecule has 1 rings (SSSR count). The number of methoxy groups -OCH3 is 2. The van der Waals surface area contributed by atoms with Crippen LogP contribution in [0.1, 0.15) is 30.0 Å². The van der Waals surface area contributed by atoms with Crippen LogP contribution in [0.4, 0.5) is 0 Å². The van der Waals surface area contributed by atoms with Crippen molar-refractivity contribution in [2.75, 3.05) is 20.8 Å². The van der Waals surface area contributed by atoms with E-state index >= 15 is 0 Å². The molecule has 0 saturated heterocycles. The average Bonchev–Trinajstić information content (AvgIpc) is 2.60. The zero-order valence-electron chi connectivity index (χ0n) is 10.5. The van der Waals surface area contributed by atoms with Crippen LogP contribution in [0.2, 0.25) is 0 Å². The summed E-state index contributed by atoms with van der Waals surface area (Å²) in [5.74, 6) is 0.851. The summed E-state index contributed by atoms with van der Waals surface area (Å²) in [4.78, 5) is 0. The van der Waals surface area contributed by atoms with Gasteiger partial charge in [-0.25, -0.2) is 0 Å². The van der Waals surface area contributed by atoms with Crippen LogP contribution < -0.4 is 5.32 Å². The molecule has 1 N–H and O–H groups in total. The van der Waals surface area contributed by atoms with E-state index in [2.05, 4.69) is 17.4 Å². The molecule has 1 aromatic heterocycles. The van der Waals surface area contributed by atoms with Gasteiger partial charge in [0.15, 0.2) is 6.29 Å². The summed E-state index contributed by atoms with van der Waals surface area (Å²) in [5, 5.41) is 7.25. The van der Waals surface area contributed by atoms with E-state index < -0.39 is 0 Å². The molecule has 0 spiro atoms. The molecule has 0 radical (unpaired) electrons. The standard InChI is InChI=1S/C11H20N2O3/c1-7(12-6-10(14-4)15-5)11-8(2)13-16-9(11)3/h7,10,12H,6H2,1-5H3. The molecule has 5 heteroatoms. The number of aromatic nitrogens is 1. The maximum atomic E-state index is 5.12. The summed E-state index contributed by atoms with van der Waals surface area (Å²) in [6.07, 6.45) is -0.233. The van der Waals surface area contributed by atoms with E-state index in [1.54, 1.807) is 14.2 Å². The van der Waals surface area contributed by atoms with Gasteiger partial charge in [0, 0.05) is 32.4 Å². The monoisotopic (exact) mass is 228 g/mol. The van der Waals surface area contributed by atoms with E-state index in [0.717, 1.165) is 17.0 Å². The Kier molecular flexibility index (Phi) is 4.92. The van der Waals surface area contributed by atoms with Crippen LogP contribution in [0, 0.1) is 13.8 Å². The zero-order valence-corrected chi connectivity index (χ0v) is 10.5. The van der Waals surface area contributed by atoms with Gasteiger partial charge in [-0.3, -0.25) is 0 Å². The summed E-state index contributed by atoms with van der Waals surface area (Å²) in [7, 11) is 3.24. The first kappa shape index (κ1) is 13.2. The second-order valence-corrected chi connectivity index (χ2v) is 3.77. The van der Waals surface area contributed by atoms with E-state index in [1.807, 2.05) is 13.8 Å². The third kappa shape index (κ3) is 3.04. The van der Waals surface area contributed by atoms with Crippen LogP contribution in [0.25, 0.3) is 0 Å². The second kappa shape index (κ2) is 5.98. The number of ether oxygens (including phenoxy) is 2. The van der Waals surface area contributed by atoms with Gasteiger partial charge in [0.05, 0.1) is 5.69 Å². The van der Waals surface area contributed by atoms with Gasteiger partial charge in [-0.05, 0) is 20.8 Å². The van der Waals surface area contributed by atoms with Crippen molar-refractivity contribution in [2.24, 2.45) is 0 Å². The number of nitrogens with zero attached hydrogens (tertiary/aromatic N) is 1. The van der Waals surface area contributed by atoms with Crippen LogP contribution in [0.3, 0.4) is 0 Å². The second-order valence-electron chi connectivity index (χ2n) is 3.77. The lowest BCUT2D eigenvalue weighted by atomic mass is 10.1. The van der Waals surface area contributed by atoms with Crippen LogP contribution in [0.5, 0.6) is 0 Å². The van der Waals surface area contributed by atoms with E-state index in [0.29, 0.717) is 6.54 Å². The lowest BCUT2D eigenvalue weighted by molar-refractivity contribution is -0.0997. The fraction of sp³-hybridized carbons (Fsp3) is 0.727. The van der Waals surface area contributed by atoms with Crippen molar-refractivity contribution in [3.05, 3.63) is 17.0 Å². The minimum absolute atomic E-state index is 0.166. The molecule has 0 fully saturated rings. The highest BCUT2D eigenvalue weighted by Crippen LogP contribution is 2.20. The van der Waals surface area contributed by atoms with Crippen molar-refractivity contribution in [3.63, 3.8) is 0 Å². The van der Waals surface area contributed by atoms with Gasteiger partial charge in [-0.1, -0.05) is 5.16 Å². The average molecular weight is 228 g/mol. The molecular formula is C11H20N2O3. The third-order valence-electron chi connectivity index (χ3n) is 2.64. The minimum atomic E-state index is -0.233. The summed E-state index contributed by atoms with van der Waals surface area (Å²) >= 11 is 0. The first-order valence-electron chi connectivity index (χ1n) is 5.31. The molecule has 0 bridgehead atoms. The molecule has 92 valence electrons. The Bertz CT molecular complexity index is 302. The molecule has 1 atom stereocenters. The Morgan fingerprint density at radius 2 is 1.94 bits per heavy atom. The minimum Gasteiger partial charge on any atom is -0.361 e. The van der Waals surface area contributed by atoms with Crippen LogP contribution >= 0.6 is 0 Å². The van der Waals surface area contributed by atoms with Gasteiger partial charge >= 0.3 is 0 Å². The molecule has 16 heavy (non-hydrogen) atoms. The van der Waals surface area contributed by atoms with Gasteiger partial charge in [0.2, 0.25) is 0 Å². The van der Waals surface area contributed by atoms with E-state index in [4.69, 9.17) is 14.0 Å². The Hall–Kier alpha value is -0.910. The van der Waals surface area contributed by atoms with Gasteiger partial charge in [0.1, 0.15) is 5.76 Å². The fourth-order valence-corrected chi connectivity index (χ4v) is 1.75. The molecule has 0 amide bonds. The number of nitrogens with one attached hydrogen (secondary N) is 1. The smallest absolute Gasteiger partial charge is 0.169 e. The molecule has 0 saturated carbocycles. The third-order valence-corrected chi connectivity index (χ3v) is 2.64. The van der Waals surface area contributed by atoms with Crippen molar-refractivity contribution < 1.29 is 14.0 Å². The lowest BCUT2D eigenvalue weighted by Gasteiger charge is -2.18. The van der Waals surface area contributed by atoms with Gasteiger partial charge in [-0.15, -0.1) is 0 Å². The number of hydrogen-bond donors (Lipinski definition) is 1. The summed E-state index contributed by atoms with van der Waals surface area (Å²) in [5.41, 5.74) is 2.02. The normalized spacial score (nSPS) is 13.4. The van der Waals surface area contributed by atoms with E-state index in [9.17, 15) is 0 Å². The predicted molar refractivity (Wildman–Crippen MR) is 60.2 cm³/mol. The van der Waals surface area contributed by atoms with Crippen LogP contribution in [0.15, 0.2) is 4.52 Å². The lowest BCUT2D eigenvalue weighted by Crippen LogP contribution is -2.31. The van der Waals surface area contributed by atoms with Gasteiger partial charge < -0.3 is 19.3 Å². The highest BCUT2D eigenvalue weighted by atomic mass is 16.7. The van der Waals surface area contributed by atoms with Gasteiger partial charge in [0.25, 0.3) is 0 Å². The van der Waals surface area contributed by atoms with E-state index in [-0.39, 0.29) is 12.3 Å². The zero-order chi connectivity index (χ0) is 12.1. The number of aryl methyl sites for hydroxylation is 2. The quantitative estimate of drug-likeness (QED) is 0.749. The topological polar surface area (TPSA) is 56.5 Å². The molecule has 1 aromatic rings. The molecule has 0 aromatic carbocycles. The molecular weight excluding hydrogens is 208 g/mol. The maximum Gasteiger partial charge on any atom is 0.169 e. The van der Waals surface area contributed by atoms with E-state index in [1.165, 1.54) is 0 Å². The molecule has 0 aliphatic heterocycles. The van der Waals surface area contributed by atoms with Crippen LogP contribution in [-0.2, 0) is 9.47 Å². The first-order chi connectivity index (χ1) is 7.60. The molecule has 5 nitrogen and oxygen atoms in total. The molecule has 1 heterocycles. The fourth-order valence-electron chi connectivity index (χ4n) is 1.75. The summed E-state index contributed by atoms with van der Waals surface area (Å²) in [6, 6.07) is 0.166. The Morgan fingerprint density at radius 1 is 1.31 bits per heavy atom. The van der Waals surface area contributed by atoms with Crippen molar-refractivity contribution in [2.45, 2.75) is 33.1 Å². The highest BCUT2D eigenvalue weighted by molar-refractivity contribution is 5.24. The van der Waals surface area contributed by atoms with Crippen LogP contribution in [-0.4, -0.2) is 32.2 Å². The predicted octanol–water partition coefficient (Wildman–Crippen LogP) is 1.56. The van der Waals surface area contributed by atoms with Crippen molar-refractivity contribution in [1.82, 2.24) is 10.5 Å². The Morgan fingerprint density at radius 3 is 2.38 bits per heavy atom. The number of rotatable bonds is 6. The summed E-state index contributed by atoms with van der Waals surface area (Å²) in [6.45, 7) is 6.54. The SMILES string of the molecule is COC(CNC(C)c1c(C)noc1C)OC. The van der Waals surface area contributed by atoms with Crippen molar-refractivity contribution in [1.29, 1.82) is 0 Å². The Labute approximate surface area is 96.1 Å².